The summed E-state index contributed by atoms with van der Waals surface area (Å²) in [4.78, 5) is 23.7. The fourth-order valence-corrected chi connectivity index (χ4v) is 2.23. The second-order valence-corrected chi connectivity index (χ2v) is 5.32. The van der Waals surface area contributed by atoms with Crippen LogP contribution in [0.3, 0.4) is 0 Å². The lowest BCUT2D eigenvalue weighted by molar-refractivity contribution is -0.116. The van der Waals surface area contributed by atoms with Gasteiger partial charge in [-0.3, -0.25) is 9.59 Å². The zero-order chi connectivity index (χ0) is 18.1. The highest BCUT2D eigenvalue weighted by Crippen LogP contribution is 2.21. The number of benzene rings is 2. The van der Waals surface area contributed by atoms with Gasteiger partial charge in [-0.1, -0.05) is 24.3 Å². The highest BCUT2D eigenvalue weighted by Gasteiger charge is 2.09. The molecule has 0 spiro atoms. The van der Waals surface area contributed by atoms with Crippen molar-refractivity contribution in [2.45, 2.75) is 19.3 Å². The first kappa shape index (κ1) is 18.0. The Balaban J connectivity index is 1.93. The van der Waals surface area contributed by atoms with Gasteiger partial charge in [-0.15, -0.1) is 0 Å². The van der Waals surface area contributed by atoms with Crippen molar-refractivity contribution in [3.05, 3.63) is 54.1 Å². The van der Waals surface area contributed by atoms with Crippen molar-refractivity contribution in [2.24, 2.45) is 0 Å². The Hall–Kier alpha value is -3.33. The molecule has 0 aliphatic carbocycles. The number of aryl methyl sites for hydroxylation is 1. The standard InChI is InChI=1S/C19H19N3O3/c1-25-15-9-6-14(7-10-15)8-11-18(23)21-16-4-2-3-5-17(16)22-19(24)12-13-20/h2-7,9-10H,8,11-12H2,1H3,(H,21,23)(H,22,24). The number of carbonyl (C=O) groups is 2. The number of nitriles is 1. The lowest BCUT2D eigenvalue weighted by atomic mass is 10.1. The van der Waals surface area contributed by atoms with Crippen LogP contribution < -0.4 is 15.4 Å². The lowest BCUT2D eigenvalue weighted by Gasteiger charge is -2.11. The summed E-state index contributed by atoms with van der Waals surface area (Å²) in [6.07, 6.45) is 0.672. The fourth-order valence-electron chi connectivity index (χ4n) is 2.23. The third kappa shape index (κ3) is 5.66. The van der Waals surface area contributed by atoms with Gasteiger partial charge in [0.25, 0.3) is 0 Å². The molecule has 6 heteroatoms. The topological polar surface area (TPSA) is 91.2 Å². The van der Waals surface area contributed by atoms with E-state index in [1.807, 2.05) is 24.3 Å². The number of para-hydroxylation sites is 2. The van der Waals surface area contributed by atoms with Crippen molar-refractivity contribution in [3.8, 4) is 11.8 Å². The molecule has 0 bridgehead atoms. The average Bonchev–Trinajstić information content (AvgIpc) is 2.62. The van der Waals surface area contributed by atoms with E-state index in [-0.39, 0.29) is 12.3 Å². The Kier molecular flexibility index (Phi) is 6.55. The van der Waals surface area contributed by atoms with Crippen LogP contribution in [-0.2, 0) is 16.0 Å². The first-order valence-electron chi connectivity index (χ1n) is 7.81. The van der Waals surface area contributed by atoms with Crippen molar-refractivity contribution in [3.63, 3.8) is 0 Å². The van der Waals surface area contributed by atoms with E-state index in [1.54, 1.807) is 37.4 Å². The summed E-state index contributed by atoms with van der Waals surface area (Å²) in [5, 5.41) is 14.0. The first-order chi connectivity index (χ1) is 12.1. The normalized spacial score (nSPS) is 9.76. The lowest BCUT2D eigenvalue weighted by Crippen LogP contribution is -2.16. The number of nitrogens with one attached hydrogen (secondary N) is 2. The second-order valence-electron chi connectivity index (χ2n) is 5.32. The average molecular weight is 337 g/mol. The zero-order valence-corrected chi connectivity index (χ0v) is 13.9. The number of hydrogen-bond acceptors (Lipinski definition) is 4. The summed E-state index contributed by atoms with van der Waals surface area (Å²) in [6.45, 7) is 0. The maximum Gasteiger partial charge on any atom is 0.238 e. The number of methoxy groups -OCH3 is 1. The van der Waals surface area contributed by atoms with Crippen LogP contribution in [0.2, 0.25) is 0 Å². The van der Waals surface area contributed by atoms with Gasteiger partial charge in [0.2, 0.25) is 11.8 Å². The van der Waals surface area contributed by atoms with E-state index in [2.05, 4.69) is 10.6 Å². The number of amides is 2. The van der Waals surface area contributed by atoms with Gasteiger partial charge in [0.1, 0.15) is 12.2 Å². The summed E-state index contributed by atoms with van der Waals surface area (Å²) in [5.74, 6) is 0.204. The van der Waals surface area contributed by atoms with Crippen LogP contribution in [0.15, 0.2) is 48.5 Å². The molecule has 0 aliphatic heterocycles. The van der Waals surface area contributed by atoms with Gasteiger partial charge < -0.3 is 15.4 Å². The Morgan fingerprint density at radius 2 is 1.60 bits per heavy atom. The van der Waals surface area contributed by atoms with E-state index in [9.17, 15) is 9.59 Å². The van der Waals surface area contributed by atoms with E-state index in [0.29, 0.717) is 24.2 Å². The molecule has 2 aromatic carbocycles. The van der Waals surface area contributed by atoms with Crippen molar-refractivity contribution in [1.29, 1.82) is 5.26 Å². The van der Waals surface area contributed by atoms with E-state index in [0.717, 1.165) is 11.3 Å². The number of ether oxygens (including phenoxy) is 1. The summed E-state index contributed by atoms with van der Waals surface area (Å²) < 4.78 is 5.10. The third-order valence-electron chi connectivity index (χ3n) is 3.51. The molecule has 2 amide bonds. The molecule has 0 fully saturated rings. The van der Waals surface area contributed by atoms with Crippen molar-refractivity contribution >= 4 is 23.2 Å². The van der Waals surface area contributed by atoms with Crippen molar-refractivity contribution in [1.82, 2.24) is 0 Å². The number of carbonyl (C=O) groups excluding carboxylic acids is 2. The minimum absolute atomic E-state index is 0.155. The Bertz CT molecular complexity index is 779. The molecule has 0 heterocycles. The molecule has 0 radical (unpaired) electrons. The smallest absolute Gasteiger partial charge is 0.238 e. The molecule has 25 heavy (non-hydrogen) atoms. The second kappa shape index (κ2) is 9.08. The summed E-state index contributed by atoms with van der Waals surface area (Å²) in [7, 11) is 1.61. The third-order valence-corrected chi connectivity index (χ3v) is 3.51. The van der Waals surface area contributed by atoms with Crippen LogP contribution >= 0.6 is 0 Å². The van der Waals surface area contributed by atoms with Gasteiger partial charge in [0.05, 0.1) is 24.6 Å². The minimum Gasteiger partial charge on any atom is -0.497 e. The van der Waals surface area contributed by atoms with Gasteiger partial charge >= 0.3 is 0 Å². The van der Waals surface area contributed by atoms with Crippen molar-refractivity contribution < 1.29 is 14.3 Å². The number of nitrogens with zero attached hydrogens (tertiary/aromatic N) is 1. The van der Waals surface area contributed by atoms with Crippen LogP contribution in [0.5, 0.6) is 5.75 Å². The largest absolute Gasteiger partial charge is 0.497 e. The summed E-state index contributed by atoms with van der Waals surface area (Å²) in [6, 6.07) is 16.2. The first-order valence-corrected chi connectivity index (χ1v) is 7.81. The van der Waals surface area contributed by atoms with Crippen LogP contribution in [0.25, 0.3) is 0 Å². The molecule has 0 unspecified atom stereocenters. The van der Waals surface area contributed by atoms with Crippen LogP contribution in [-0.4, -0.2) is 18.9 Å². The fraction of sp³-hybridized carbons (Fsp3) is 0.211. The number of anilines is 2. The molecule has 0 saturated heterocycles. The minimum atomic E-state index is -0.414. The van der Waals surface area contributed by atoms with Gasteiger partial charge in [-0.05, 0) is 36.2 Å². The quantitative estimate of drug-likeness (QED) is 0.812. The van der Waals surface area contributed by atoms with E-state index in [4.69, 9.17) is 10.00 Å². The van der Waals surface area contributed by atoms with Crippen LogP contribution in [0.4, 0.5) is 11.4 Å². The predicted molar refractivity (Wildman–Crippen MR) is 95.2 cm³/mol. The summed E-state index contributed by atoms with van der Waals surface area (Å²) in [5.41, 5.74) is 2.01. The van der Waals surface area contributed by atoms with Crippen LogP contribution in [0, 0.1) is 11.3 Å². The predicted octanol–water partition coefficient (Wildman–Crippen LogP) is 3.12. The molecule has 2 N–H and O–H groups in total. The molecular formula is C19H19N3O3. The molecule has 6 nitrogen and oxygen atoms in total. The Labute approximate surface area is 146 Å². The zero-order valence-electron chi connectivity index (χ0n) is 13.9. The highest BCUT2D eigenvalue weighted by molar-refractivity contribution is 6.00. The highest BCUT2D eigenvalue weighted by atomic mass is 16.5. The SMILES string of the molecule is COc1ccc(CCC(=O)Nc2ccccc2NC(=O)CC#N)cc1. The molecule has 0 aliphatic rings. The van der Waals surface area contributed by atoms with E-state index in [1.165, 1.54) is 0 Å². The van der Waals surface area contributed by atoms with Gasteiger partial charge in [0.15, 0.2) is 0 Å². The molecular weight excluding hydrogens is 318 g/mol. The molecule has 2 aromatic rings. The van der Waals surface area contributed by atoms with Gasteiger partial charge in [-0.2, -0.15) is 5.26 Å². The molecule has 0 saturated carbocycles. The molecule has 0 aromatic heterocycles. The Morgan fingerprint density at radius 1 is 1.00 bits per heavy atom. The number of rotatable bonds is 7. The monoisotopic (exact) mass is 337 g/mol. The van der Waals surface area contributed by atoms with E-state index < -0.39 is 5.91 Å². The van der Waals surface area contributed by atoms with E-state index >= 15 is 0 Å². The summed E-state index contributed by atoms with van der Waals surface area (Å²) >= 11 is 0. The molecule has 2 rings (SSSR count). The number of hydrogen-bond donors (Lipinski definition) is 2. The Morgan fingerprint density at radius 3 is 2.16 bits per heavy atom. The molecule has 0 atom stereocenters. The van der Waals surface area contributed by atoms with Crippen LogP contribution in [0.1, 0.15) is 18.4 Å². The van der Waals surface area contributed by atoms with Crippen molar-refractivity contribution in [2.75, 3.05) is 17.7 Å². The molecule has 128 valence electrons. The maximum absolute atomic E-state index is 12.2. The van der Waals surface area contributed by atoms with Gasteiger partial charge in [0, 0.05) is 6.42 Å². The van der Waals surface area contributed by atoms with Gasteiger partial charge in [-0.25, -0.2) is 0 Å². The maximum atomic E-state index is 12.2.